The van der Waals surface area contributed by atoms with E-state index in [-0.39, 0.29) is 0 Å². The molecule has 0 aromatic heterocycles. The molecule has 0 aromatic carbocycles. The molecule has 27 heavy (non-hydrogen) atoms. The monoisotopic (exact) mass is 454 g/mol. The first-order chi connectivity index (χ1) is 11.6. The predicted octanol–water partition coefficient (Wildman–Crippen LogP) is 4.34. The van der Waals surface area contributed by atoms with Crippen LogP contribution >= 0.6 is 0 Å². The fraction of sp³-hybridized carbons (Fsp3) is 1.00. The zero-order valence-corrected chi connectivity index (χ0v) is 14.1. The average Bonchev–Trinajstić information content (AvgIpc) is 2.50. The van der Waals surface area contributed by atoms with Crippen LogP contribution in [-0.4, -0.2) is 63.6 Å². The third kappa shape index (κ3) is 4.14. The van der Waals surface area contributed by atoms with Gasteiger partial charge < -0.3 is 13.6 Å². The van der Waals surface area contributed by atoms with Crippen LogP contribution in [-0.2, 0) is 8.85 Å². The maximum absolute atomic E-state index is 13.4. The topological polar surface area (TPSA) is 38.7 Å². The van der Waals surface area contributed by atoms with E-state index in [1.165, 1.54) is 0 Å². The van der Waals surface area contributed by atoms with E-state index in [9.17, 15) is 61.9 Å². The van der Waals surface area contributed by atoms with Crippen molar-refractivity contribution >= 4 is 8.80 Å². The molecule has 0 amide bonds. The normalized spacial score (nSPS) is 16.0. The van der Waals surface area contributed by atoms with Crippen LogP contribution in [0.5, 0.6) is 0 Å². The first-order valence-electron chi connectivity index (χ1n) is 6.36. The second-order valence-corrected chi connectivity index (χ2v) is 7.86. The number of alkyl halides is 13. The van der Waals surface area contributed by atoms with Crippen molar-refractivity contribution in [3.63, 3.8) is 0 Å². The summed E-state index contributed by atoms with van der Waals surface area (Å²) in [6, 6.07) is -1.64. The number of hydrogen-bond donors (Lipinski definition) is 1. The summed E-state index contributed by atoms with van der Waals surface area (Å²) in [6.07, 6.45) is -10.0. The molecule has 0 bridgehead atoms. The van der Waals surface area contributed by atoms with E-state index in [1.54, 1.807) is 0 Å². The predicted molar refractivity (Wildman–Crippen MR) is 62.2 cm³/mol. The van der Waals surface area contributed by atoms with Crippen molar-refractivity contribution in [2.75, 3.05) is 14.2 Å². The first kappa shape index (κ1) is 26.2. The zero-order valence-electron chi connectivity index (χ0n) is 13.1. The van der Waals surface area contributed by atoms with Crippen molar-refractivity contribution in [1.29, 1.82) is 0 Å². The highest BCUT2D eigenvalue weighted by Crippen LogP contribution is 2.60. The van der Waals surface area contributed by atoms with Gasteiger partial charge in [0.25, 0.3) is 0 Å². The Morgan fingerprint density at radius 2 is 0.963 bits per heavy atom. The summed E-state index contributed by atoms with van der Waals surface area (Å²) < 4.78 is 175. The van der Waals surface area contributed by atoms with Gasteiger partial charge in [0, 0.05) is 26.7 Å². The molecule has 0 rings (SSSR count). The largest absolute Gasteiger partial charge is 0.497 e. The number of halogens is 13. The molecule has 0 atom stereocenters. The summed E-state index contributed by atoms with van der Waals surface area (Å²) in [6.45, 7) is 0. The highest BCUT2D eigenvalue weighted by atomic mass is 28.4. The van der Waals surface area contributed by atoms with Gasteiger partial charge in [-0.15, -0.1) is 0 Å². The lowest BCUT2D eigenvalue weighted by Crippen LogP contribution is -2.70. The minimum atomic E-state index is -7.94. The molecule has 164 valence electrons. The number of rotatable bonds is 9. The van der Waals surface area contributed by atoms with Crippen molar-refractivity contribution in [3.8, 4) is 0 Å². The van der Waals surface area contributed by atoms with Gasteiger partial charge in [0.2, 0.25) is 0 Å². The van der Waals surface area contributed by atoms with Crippen molar-refractivity contribution in [3.05, 3.63) is 0 Å². The van der Waals surface area contributed by atoms with Gasteiger partial charge in [-0.2, -0.15) is 57.1 Å². The van der Waals surface area contributed by atoms with Crippen LogP contribution in [0.3, 0.4) is 0 Å². The van der Waals surface area contributed by atoms with Gasteiger partial charge in [-0.05, 0) is 0 Å². The molecule has 0 aliphatic rings. The van der Waals surface area contributed by atoms with Gasteiger partial charge in [-0.25, -0.2) is 0 Å². The molecule has 0 heterocycles. The molecule has 0 saturated carbocycles. The zero-order chi connectivity index (χ0) is 22.3. The van der Waals surface area contributed by atoms with E-state index >= 15 is 0 Å². The Morgan fingerprint density at radius 3 is 1.26 bits per heavy atom. The Kier molecular flexibility index (Phi) is 7.00. The summed E-state index contributed by atoms with van der Waals surface area (Å²) >= 11 is 0. The Balaban J connectivity index is 6.01. The maximum Gasteiger partial charge on any atom is 0.497 e. The smallest absolute Gasteiger partial charge is 0.390 e. The van der Waals surface area contributed by atoms with Crippen LogP contribution in [0.4, 0.5) is 57.1 Å². The molecule has 0 aliphatic heterocycles. The Morgan fingerprint density at radius 1 is 0.630 bits per heavy atom. The molecule has 0 radical (unpaired) electrons. The molecule has 1 N–H and O–H groups in total. The van der Waals surface area contributed by atoms with Crippen LogP contribution < -0.4 is 0 Å². The van der Waals surface area contributed by atoms with E-state index < -0.39 is 57.1 Å². The van der Waals surface area contributed by atoms with Gasteiger partial charge in [0.15, 0.2) is 0 Å². The first-order valence-corrected chi connectivity index (χ1v) is 8.33. The molecule has 0 saturated heterocycles. The maximum atomic E-state index is 13.4. The van der Waals surface area contributed by atoms with Crippen molar-refractivity contribution < 1.29 is 70.7 Å². The van der Waals surface area contributed by atoms with Crippen molar-refractivity contribution in [1.82, 2.24) is 0 Å². The molecule has 0 aromatic rings. The van der Waals surface area contributed by atoms with Crippen molar-refractivity contribution in [2.45, 2.75) is 48.3 Å². The van der Waals surface area contributed by atoms with Gasteiger partial charge in [-0.3, -0.25) is 0 Å². The van der Waals surface area contributed by atoms with Gasteiger partial charge >= 0.3 is 44.6 Å². The summed E-state index contributed by atoms with van der Waals surface area (Å²) in [5.74, 6) is -37.2. The molecule has 17 heteroatoms. The molecule has 0 aliphatic carbocycles. The van der Waals surface area contributed by atoms with Crippen LogP contribution in [0.15, 0.2) is 0 Å². The lowest BCUT2D eigenvalue weighted by molar-refractivity contribution is -0.440. The highest BCUT2D eigenvalue weighted by Gasteiger charge is 2.90. The van der Waals surface area contributed by atoms with Crippen LogP contribution in [0.25, 0.3) is 0 Å². The van der Waals surface area contributed by atoms with E-state index in [0.717, 1.165) is 0 Å². The van der Waals surface area contributed by atoms with Crippen LogP contribution in [0.2, 0.25) is 6.04 Å². The molecular formula is C10H11F13O3Si. The van der Waals surface area contributed by atoms with Crippen LogP contribution in [0.1, 0.15) is 6.42 Å². The minimum Gasteiger partial charge on any atom is -0.390 e. The summed E-state index contributed by atoms with van der Waals surface area (Å²) in [4.78, 5) is 9.37. The van der Waals surface area contributed by atoms with Gasteiger partial charge in [-0.1, -0.05) is 0 Å². The molecule has 0 spiro atoms. The summed E-state index contributed by atoms with van der Waals surface area (Å²) in [5.41, 5.74) is 0. The quantitative estimate of drug-likeness (QED) is 0.416. The second kappa shape index (κ2) is 7.22. The average molecular weight is 454 g/mol. The van der Waals surface area contributed by atoms with E-state index in [1.807, 2.05) is 0 Å². The lowest BCUT2D eigenvalue weighted by Gasteiger charge is -2.40. The Hall–Kier alpha value is -0.813. The third-order valence-corrected chi connectivity index (χ3v) is 5.55. The molecular weight excluding hydrogens is 443 g/mol. The molecule has 3 nitrogen and oxygen atoms in total. The van der Waals surface area contributed by atoms with E-state index in [0.29, 0.717) is 14.2 Å². The van der Waals surface area contributed by atoms with Crippen LogP contribution in [0, 0.1) is 0 Å². The minimum absolute atomic E-state index is 0.624. The van der Waals surface area contributed by atoms with Gasteiger partial charge in [0.1, 0.15) is 0 Å². The Labute approximate surface area is 143 Å². The SMILES string of the molecule is CO[Si](O)(CCC(F)(F)C(F)(F)C(F)(F)C(F)(F)C(F)(F)C(F)(F)F)OC. The second-order valence-electron chi connectivity index (χ2n) is 5.12. The lowest BCUT2D eigenvalue weighted by atomic mass is 9.93. The fourth-order valence-electron chi connectivity index (χ4n) is 1.56. The fourth-order valence-corrected chi connectivity index (χ4v) is 2.77. The highest BCUT2D eigenvalue weighted by molar-refractivity contribution is 6.59. The summed E-state index contributed by atoms with van der Waals surface area (Å²) in [7, 11) is -3.38. The van der Waals surface area contributed by atoms with E-state index in [4.69, 9.17) is 0 Å². The number of hydrogen-bond acceptors (Lipinski definition) is 3. The summed E-state index contributed by atoms with van der Waals surface area (Å²) in [5, 5.41) is 0. The molecule has 0 unspecified atom stereocenters. The standard InChI is InChI=1S/C10H11F13O3Si/c1-25-27(24,26-2)4-3-5(11,12)6(13,14)7(15,16)8(17,18)9(19,20)10(21,22)23/h24H,3-4H2,1-2H3. The molecule has 0 fully saturated rings. The Bertz CT molecular complexity index is 515. The van der Waals surface area contributed by atoms with Crippen molar-refractivity contribution in [2.24, 2.45) is 0 Å². The van der Waals surface area contributed by atoms with E-state index in [2.05, 4.69) is 8.85 Å². The third-order valence-electron chi connectivity index (χ3n) is 3.39. The van der Waals surface area contributed by atoms with Gasteiger partial charge in [0.05, 0.1) is 0 Å².